The van der Waals surface area contributed by atoms with Crippen molar-refractivity contribution >= 4 is 21.9 Å². The summed E-state index contributed by atoms with van der Waals surface area (Å²) in [4.78, 5) is 25.5. The third kappa shape index (κ3) is 6.79. The van der Waals surface area contributed by atoms with Crippen molar-refractivity contribution in [3.63, 3.8) is 0 Å². The molecule has 4 rings (SSSR count). The van der Waals surface area contributed by atoms with Crippen LogP contribution in [0.2, 0.25) is 0 Å². The molecule has 12 heteroatoms. The van der Waals surface area contributed by atoms with E-state index in [-0.39, 0.29) is 23.0 Å². The molecule has 0 bridgehead atoms. The van der Waals surface area contributed by atoms with Crippen molar-refractivity contribution in [2.45, 2.75) is 50.5 Å². The Bertz CT molecular complexity index is 1200. The number of aromatic nitrogens is 2. The van der Waals surface area contributed by atoms with E-state index in [9.17, 15) is 18.0 Å². The zero-order chi connectivity index (χ0) is 27.0. The summed E-state index contributed by atoms with van der Waals surface area (Å²) in [6.07, 6.45) is 3.40. The molecule has 38 heavy (non-hydrogen) atoms. The quantitative estimate of drug-likeness (QED) is 0.391. The van der Waals surface area contributed by atoms with E-state index in [1.54, 1.807) is 0 Å². The van der Waals surface area contributed by atoms with Crippen LogP contribution in [0.4, 0.5) is 0 Å². The van der Waals surface area contributed by atoms with Gasteiger partial charge in [0, 0.05) is 45.8 Å². The maximum Gasteiger partial charge on any atom is 0.338 e. The minimum atomic E-state index is -3.62. The Morgan fingerprint density at radius 2 is 1.79 bits per heavy atom. The van der Waals surface area contributed by atoms with Gasteiger partial charge in [-0.2, -0.15) is 9.40 Å². The standard InChI is InChI=1S/C26H36N4O7S/c1-2-22-24-23(6-3-15-35-16-4-11-27-25(24)31)30(28-22)12-5-17-37-26(32)20-7-9-21(10-8-20)38(33,34)29-13-18-36-19-14-29/h7-10H,2-6,11-19H2,1H3,(H,27,31). The number of ether oxygens (including phenoxy) is 3. The fourth-order valence-electron chi connectivity index (χ4n) is 4.57. The molecule has 1 N–H and O–H groups in total. The molecule has 0 unspecified atom stereocenters. The van der Waals surface area contributed by atoms with Crippen LogP contribution in [0.1, 0.15) is 58.3 Å². The van der Waals surface area contributed by atoms with Crippen LogP contribution in [-0.4, -0.2) is 87.0 Å². The highest BCUT2D eigenvalue weighted by Gasteiger charge is 2.26. The normalized spacial score (nSPS) is 17.8. The number of fused-ring (bicyclic) bond motifs is 1. The van der Waals surface area contributed by atoms with Crippen LogP contribution in [0.15, 0.2) is 29.2 Å². The van der Waals surface area contributed by atoms with E-state index in [4.69, 9.17) is 14.2 Å². The monoisotopic (exact) mass is 548 g/mol. The molecule has 1 aromatic heterocycles. The molecule has 1 fully saturated rings. The molecule has 0 aliphatic carbocycles. The molecule has 2 aliphatic heterocycles. The molecule has 2 aromatic rings. The Morgan fingerprint density at radius 3 is 2.53 bits per heavy atom. The van der Waals surface area contributed by atoms with E-state index in [0.29, 0.717) is 77.4 Å². The van der Waals surface area contributed by atoms with Crippen molar-refractivity contribution in [2.24, 2.45) is 0 Å². The van der Waals surface area contributed by atoms with Crippen LogP contribution in [0.25, 0.3) is 0 Å². The second-order valence-corrected chi connectivity index (χ2v) is 11.1. The SMILES string of the molecule is CCc1nn(CCCOC(=O)c2ccc(S(=O)(=O)N3CCOCC3)cc2)c2c1C(=O)NCCCOCCC2. The van der Waals surface area contributed by atoms with E-state index in [1.807, 2.05) is 11.6 Å². The molecule has 11 nitrogen and oxygen atoms in total. The maximum atomic E-state index is 12.9. The number of esters is 1. The van der Waals surface area contributed by atoms with Gasteiger partial charge < -0.3 is 19.5 Å². The van der Waals surface area contributed by atoms with Crippen molar-refractivity contribution in [1.82, 2.24) is 19.4 Å². The number of morpholine rings is 1. The van der Waals surface area contributed by atoms with E-state index in [2.05, 4.69) is 10.4 Å². The van der Waals surface area contributed by atoms with Crippen LogP contribution < -0.4 is 5.32 Å². The minimum Gasteiger partial charge on any atom is -0.462 e. The number of carbonyl (C=O) groups is 2. The van der Waals surface area contributed by atoms with E-state index < -0.39 is 16.0 Å². The summed E-state index contributed by atoms with van der Waals surface area (Å²) in [5.74, 6) is -0.624. The lowest BCUT2D eigenvalue weighted by atomic mass is 10.1. The number of carbonyl (C=O) groups excluding carboxylic acids is 2. The molecular weight excluding hydrogens is 512 g/mol. The number of nitrogens with zero attached hydrogens (tertiary/aromatic N) is 3. The second-order valence-electron chi connectivity index (χ2n) is 9.20. The maximum absolute atomic E-state index is 12.9. The highest BCUT2D eigenvalue weighted by molar-refractivity contribution is 7.89. The molecule has 1 saturated heterocycles. The van der Waals surface area contributed by atoms with Gasteiger partial charge in [0.25, 0.3) is 5.91 Å². The lowest BCUT2D eigenvalue weighted by Gasteiger charge is -2.26. The summed E-state index contributed by atoms with van der Waals surface area (Å²) in [7, 11) is -3.62. The number of amides is 1. The number of hydrogen-bond acceptors (Lipinski definition) is 8. The third-order valence-electron chi connectivity index (χ3n) is 6.59. The number of hydrogen-bond donors (Lipinski definition) is 1. The zero-order valence-corrected chi connectivity index (χ0v) is 22.6. The molecule has 0 atom stereocenters. The fraction of sp³-hybridized carbons (Fsp3) is 0.577. The third-order valence-corrected chi connectivity index (χ3v) is 8.50. The van der Waals surface area contributed by atoms with Crippen LogP contribution >= 0.6 is 0 Å². The highest BCUT2D eigenvalue weighted by atomic mass is 32.2. The average Bonchev–Trinajstić information content (AvgIpc) is 3.28. The molecule has 0 saturated carbocycles. The smallest absolute Gasteiger partial charge is 0.338 e. The zero-order valence-electron chi connectivity index (χ0n) is 21.8. The van der Waals surface area contributed by atoms with E-state index >= 15 is 0 Å². The lowest BCUT2D eigenvalue weighted by Crippen LogP contribution is -2.40. The Balaban J connectivity index is 1.34. The van der Waals surface area contributed by atoms with E-state index in [0.717, 1.165) is 24.2 Å². The van der Waals surface area contributed by atoms with Gasteiger partial charge >= 0.3 is 5.97 Å². The number of aryl methyl sites for hydroxylation is 2. The fourth-order valence-corrected chi connectivity index (χ4v) is 5.98. The van der Waals surface area contributed by atoms with Gasteiger partial charge in [0.1, 0.15) is 0 Å². The Labute approximate surface area is 223 Å². The van der Waals surface area contributed by atoms with Crippen molar-refractivity contribution < 1.29 is 32.2 Å². The summed E-state index contributed by atoms with van der Waals surface area (Å²) in [6.45, 7) is 5.81. The van der Waals surface area contributed by atoms with Crippen LogP contribution in [-0.2, 0) is 43.6 Å². The van der Waals surface area contributed by atoms with Gasteiger partial charge in [-0.05, 0) is 49.9 Å². The number of sulfonamides is 1. The molecule has 1 amide bonds. The molecule has 1 aromatic carbocycles. The lowest BCUT2D eigenvalue weighted by molar-refractivity contribution is 0.0494. The van der Waals surface area contributed by atoms with Gasteiger partial charge in [0.05, 0.1) is 47.2 Å². The minimum absolute atomic E-state index is 0.101. The first-order chi connectivity index (χ1) is 18.4. The van der Waals surface area contributed by atoms with E-state index in [1.165, 1.54) is 28.6 Å². The number of nitrogens with one attached hydrogen (secondary N) is 1. The molecular formula is C26H36N4O7S. The molecule has 0 radical (unpaired) electrons. The van der Waals surface area contributed by atoms with Gasteiger partial charge in [0.2, 0.25) is 10.0 Å². The summed E-state index contributed by atoms with van der Waals surface area (Å²) >= 11 is 0. The Hall–Kier alpha value is -2.80. The molecule has 0 spiro atoms. The van der Waals surface area contributed by atoms with Crippen LogP contribution in [0.3, 0.4) is 0 Å². The first-order valence-corrected chi connectivity index (χ1v) is 14.7. The summed E-state index contributed by atoms with van der Waals surface area (Å²) in [5.41, 5.74) is 2.58. The largest absolute Gasteiger partial charge is 0.462 e. The molecule has 208 valence electrons. The van der Waals surface area contributed by atoms with Gasteiger partial charge in [-0.3, -0.25) is 9.48 Å². The van der Waals surface area contributed by atoms with Crippen molar-refractivity contribution in [3.8, 4) is 0 Å². The predicted molar refractivity (Wildman–Crippen MR) is 139 cm³/mol. The van der Waals surface area contributed by atoms with Crippen molar-refractivity contribution in [3.05, 3.63) is 46.8 Å². The first kappa shape index (κ1) is 28.2. The summed E-state index contributed by atoms with van der Waals surface area (Å²) in [5, 5.41) is 7.65. The summed E-state index contributed by atoms with van der Waals surface area (Å²) < 4.78 is 45.1. The Kier molecular flexibility index (Phi) is 9.89. The van der Waals surface area contributed by atoms with Gasteiger partial charge in [-0.25, -0.2) is 13.2 Å². The average molecular weight is 549 g/mol. The first-order valence-electron chi connectivity index (χ1n) is 13.2. The van der Waals surface area contributed by atoms with Crippen molar-refractivity contribution in [2.75, 3.05) is 52.7 Å². The highest BCUT2D eigenvalue weighted by Crippen LogP contribution is 2.20. The predicted octanol–water partition coefficient (Wildman–Crippen LogP) is 1.80. The molecule has 2 aliphatic rings. The van der Waals surface area contributed by atoms with Crippen LogP contribution in [0, 0.1) is 0 Å². The van der Waals surface area contributed by atoms with Crippen LogP contribution in [0.5, 0.6) is 0 Å². The van der Waals surface area contributed by atoms with Gasteiger partial charge in [-0.1, -0.05) is 6.92 Å². The van der Waals surface area contributed by atoms with Crippen molar-refractivity contribution in [1.29, 1.82) is 0 Å². The molecule has 3 heterocycles. The number of rotatable bonds is 8. The Morgan fingerprint density at radius 1 is 1.08 bits per heavy atom. The summed E-state index contributed by atoms with van der Waals surface area (Å²) in [6, 6.07) is 5.79. The van der Waals surface area contributed by atoms with Gasteiger partial charge in [0.15, 0.2) is 0 Å². The topological polar surface area (TPSA) is 129 Å². The number of benzene rings is 1. The second kappa shape index (κ2) is 13.3. The van der Waals surface area contributed by atoms with Gasteiger partial charge in [-0.15, -0.1) is 0 Å².